The summed E-state index contributed by atoms with van der Waals surface area (Å²) in [5.74, 6) is 2.07. The van der Waals surface area contributed by atoms with Crippen LogP contribution in [0.15, 0.2) is 39.4 Å². The van der Waals surface area contributed by atoms with Crippen molar-refractivity contribution in [2.75, 3.05) is 49.7 Å². The summed E-state index contributed by atoms with van der Waals surface area (Å²) in [6.45, 7) is 2.74. The van der Waals surface area contributed by atoms with Crippen molar-refractivity contribution in [3.63, 3.8) is 0 Å². The Morgan fingerprint density at radius 3 is 2.72 bits per heavy atom. The van der Waals surface area contributed by atoms with Gasteiger partial charge in [-0.15, -0.1) is 0 Å². The number of nitriles is 1. The van der Waals surface area contributed by atoms with E-state index in [1.807, 2.05) is 9.80 Å². The SMILES string of the molecule is N#Cc1nc(-c2ccco2)oc1N1CCN(CC(=O)Nc2cc3c(cc2Cl)OCO3)CC1. The van der Waals surface area contributed by atoms with Crippen LogP contribution in [0.3, 0.4) is 0 Å². The molecule has 1 N–H and O–H groups in total. The Labute approximate surface area is 187 Å². The Kier molecular flexibility index (Phi) is 5.34. The monoisotopic (exact) mass is 455 g/mol. The van der Waals surface area contributed by atoms with Crippen LogP contribution in [-0.2, 0) is 4.79 Å². The zero-order valence-electron chi connectivity index (χ0n) is 16.8. The van der Waals surface area contributed by atoms with Gasteiger partial charge in [0.2, 0.25) is 24.3 Å². The van der Waals surface area contributed by atoms with Gasteiger partial charge in [0.05, 0.1) is 23.5 Å². The number of ether oxygens (including phenoxy) is 2. The lowest BCUT2D eigenvalue weighted by molar-refractivity contribution is -0.117. The first-order valence-electron chi connectivity index (χ1n) is 9.92. The number of aromatic nitrogens is 1. The molecule has 0 spiro atoms. The summed E-state index contributed by atoms with van der Waals surface area (Å²) in [4.78, 5) is 20.7. The Morgan fingerprint density at radius 2 is 2.00 bits per heavy atom. The molecular formula is C21H18ClN5O5. The molecule has 0 radical (unpaired) electrons. The minimum atomic E-state index is -0.184. The number of fused-ring (bicyclic) bond motifs is 1. The number of carbonyl (C=O) groups is 1. The molecule has 10 nitrogen and oxygen atoms in total. The molecule has 0 aliphatic carbocycles. The number of hydrogen-bond acceptors (Lipinski definition) is 9. The smallest absolute Gasteiger partial charge is 0.266 e. The first-order chi connectivity index (χ1) is 15.6. The zero-order chi connectivity index (χ0) is 22.1. The lowest BCUT2D eigenvalue weighted by Gasteiger charge is -2.34. The molecule has 1 amide bonds. The van der Waals surface area contributed by atoms with E-state index in [1.165, 1.54) is 6.26 Å². The van der Waals surface area contributed by atoms with E-state index in [9.17, 15) is 10.1 Å². The molecule has 32 heavy (non-hydrogen) atoms. The van der Waals surface area contributed by atoms with E-state index in [1.54, 1.807) is 24.3 Å². The van der Waals surface area contributed by atoms with Gasteiger partial charge in [-0.2, -0.15) is 10.2 Å². The normalized spacial score (nSPS) is 15.6. The Bertz CT molecular complexity index is 1180. The maximum absolute atomic E-state index is 12.5. The quantitative estimate of drug-likeness (QED) is 0.619. The first-order valence-corrected chi connectivity index (χ1v) is 10.3. The van der Waals surface area contributed by atoms with Crippen molar-refractivity contribution >= 4 is 29.1 Å². The summed E-state index contributed by atoms with van der Waals surface area (Å²) in [5.41, 5.74) is 0.686. The summed E-state index contributed by atoms with van der Waals surface area (Å²) in [7, 11) is 0. The minimum Gasteiger partial charge on any atom is -0.459 e. The summed E-state index contributed by atoms with van der Waals surface area (Å²) in [5, 5.41) is 12.6. The third-order valence-corrected chi connectivity index (χ3v) is 5.52. The van der Waals surface area contributed by atoms with Gasteiger partial charge in [-0.05, 0) is 12.1 Å². The van der Waals surface area contributed by atoms with E-state index in [-0.39, 0.29) is 30.8 Å². The number of nitrogens with one attached hydrogen (secondary N) is 1. The number of benzene rings is 1. The topological polar surface area (TPSA) is 117 Å². The van der Waals surface area contributed by atoms with E-state index in [4.69, 9.17) is 29.9 Å². The second kappa shape index (κ2) is 8.45. The third kappa shape index (κ3) is 3.95. The van der Waals surface area contributed by atoms with E-state index in [0.717, 1.165) is 0 Å². The number of amides is 1. The molecule has 2 aromatic heterocycles. The highest BCUT2D eigenvalue weighted by molar-refractivity contribution is 6.34. The van der Waals surface area contributed by atoms with Crippen molar-refractivity contribution in [2.24, 2.45) is 0 Å². The van der Waals surface area contributed by atoms with Crippen LogP contribution in [0, 0.1) is 11.3 Å². The van der Waals surface area contributed by atoms with Gasteiger partial charge in [0.15, 0.2) is 17.3 Å². The van der Waals surface area contributed by atoms with Crippen LogP contribution in [0.1, 0.15) is 5.69 Å². The molecule has 2 aliphatic rings. The second-order valence-corrected chi connectivity index (χ2v) is 7.67. The number of rotatable bonds is 5. The number of oxazole rings is 1. The number of anilines is 2. The fourth-order valence-corrected chi connectivity index (χ4v) is 3.82. The molecule has 0 bridgehead atoms. The van der Waals surface area contributed by atoms with Gasteiger partial charge in [0.1, 0.15) is 6.07 Å². The van der Waals surface area contributed by atoms with Crippen LogP contribution in [0.2, 0.25) is 5.02 Å². The standard InChI is InChI=1S/C21H18ClN5O5/c22-13-8-17-18(31-12-30-17)9-14(13)24-19(28)11-26-3-5-27(6-4-26)21-15(10-23)25-20(32-21)16-2-1-7-29-16/h1-2,7-9H,3-6,11-12H2,(H,24,28). The molecular weight excluding hydrogens is 438 g/mol. The van der Waals surface area contributed by atoms with Crippen molar-refractivity contribution < 1.29 is 23.1 Å². The first kappa shape index (κ1) is 20.2. The van der Waals surface area contributed by atoms with Crippen LogP contribution in [0.25, 0.3) is 11.7 Å². The zero-order valence-corrected chi connectivity index (χ0v) is 17.6. The summed E-state index contributed by atoms with van der Waals surface area (Å²) < 4.78 is 21.7. The number of halogens is 1. The third-order valence-electron chi connectivity index (χ3n) is 5.21. The van der Waals surface area contributed by atoms with E-state index >= 15 is 0 Å². The number of nitrogens with zero attached hydrogens (tertiary/aromatic N) is 4. The fourth-order valence-electron chi connectivity index (χ4n) is 3.62. The molecule has 1 fully saturated rings. The predicted molar refractivity (Wildman–Crippen MR) is 114 cm³/mol. The maximum Gasteiger partial charge on any atom is 0.266 e. The van der Waals surface area contributed by atoms with Gasteiger partial charge in [-0.1, -0.05) is 11.6 Å². The highest BCUT2D eigenvalue weighted by atomic mass is 35.5. The van der Waals surface area contributed by atoms with Crippen molar-refractivity contribution in [3.05, 3.63) is 41.2 Å². The van der Waals surface area contributed by atoms with Gasteiger partial charge in [-0.25, -0.2) is 0 Å². The van der Waals surface area contributed by atoms with Crippen LogP contribution >= 0.6 is 11.6 Å². The lowest BCUT2D eigenvalue weighted by atomic mass is 10.2. The fraction of sp³-hybridized carbons (Fsp3) is 0.286. The highest BCUT2D eigenvalue weighted by Gasteiger charge is 2.26. The lowest BCUT2D eigenvalue weighted by Crippen LogP contribution is -2.48. The molecule has 164 valence electrons. The number of piperazine rings is 1. The molecule has 0 atom stereocenters. The van der Waals surface area contributed by atoms with Crippen LogP contribution < -0.4 is 19.7 Å². The van der Waals surface area contributed by atoms with E-state index < -0.39 is 0 Å². The Morgan fingerprint density at radius 1 is 1.22 bits per heavy atom. The van der Waals surface area contributed by atoms with Crippen LogP contribution in [-0.4, -0.2) is 55.3 Å². The van der Waals surface area contributed by atoms with Crippen molar-refractivity contribution in [1.82, 2.24) is 9.88 Å². The molecule has 11 heteroatoms. The van der Waals surface area contributed by atoms with Gasteiger partial charge in [-0.3, -0.25) is 9.69 Å². The van der Waals surface area contributed by atoms with Crippen LogP contribution in [0.5, 0.6) is 11.5 Å². The van der Waals surface area contributed by atoms with Gasteiger partial charge in [0, 0.05) is 38.3 Å². The number of furan rings is 1. The van der Waals surface area contributed by atoms with Crippen molar-refractivity contribution in [3.8, 4) is 29.2 Å². The van der Waals surface area contributed by atoms with E-state index in [0.29, 0.717) is 60.0 Å². The van der Waals surface area contributed by atoms with Crippen molar-refractivity contribution in [2.45, 2.75) is 0 Å². The second-order valence-electron chi connectivity index (χ2n) is 7.26. The van der Waals surface area contributed by atoms with Gasteiger partial charge in [0.25, 0.3) is 5.89 Å². The van der Waals surface area contributed by atoms with Gasteiger partial charge >= 0.3 is 0 Å². The maximum atomic E-state index is 12.5. The Balaban J connectivity index is 1.19. The van der Waals surface area contributed by atoms with Crippen LogP contribution in [0.4, 0.5) is 11.6 Å². The molecule has 0 unspecified atom stereocenters. The van der Waals surface area contributed by atoms with Gasteiger partial charge < -0.3 is 28.5 Å². The molecule has 1 saturated heterocycles. The summed E-state index contributed by atoms with van der Waals surface area (Å²) in [6, 6.07) is 8.80. The molecule has 0 saturated carbocycles. The molecule has 5 rings (SSSR count). The average molecular weight is 456 g/mol. The van der Waals surface area contributed by atoms with Crippen molar-refractivity contribution in [1.29, 1.82) is 5.26 Å². The predicted octanol–water partition coefficient (Wildman–Crippen LogP) is 2.95. The average Bonchev–Trinajstić information content (AvgIpc) is 3.54. The number of carbonyl (C=O) groups excluding carboxylic acids is 1. The minimum absolute atomic E-state index is 0.134. The molecule has 4 heterocycles. The van der Waals surface area contributed by atoms with E-state index in [2.05, 4.69) is 16.4 Å². The molecule has 1 aromatic carbocycles. The highest BCUT2D eigenvalue weighted by Crippen LogP contribution is 2.39. The Hall–Kier alpha value is -3.68. The number of hydrogen-bond donors (Lipinski definition) is 1. The molecule has 3 aromatic rings. The largest absolute Gasteiger partial charge is 0.459 e. The summed E-state index contributed by atoms with van der Waals surface area (Å²) in [6.07, 6.45) is 1.52. The molecule has 2 aliphatic heterocycles. The summed E-state index contributed by atoms with van der Waals surface area (Å²) >= 11 is 6.23.